The molecule has 0 radical (unpaired) electrons. The molecule has 5 N–H and O–H groups in total. The maximum atomic E-state index is 12.2. The number of benzene rings is 2. The van der Waals surface area contributed by atoms with Gasteiger partial charge in [-0.25, -0.2) is 4.98 Å². The van der Waals surface area contributed by atoms with Gasteiger partial charge in [0.05, 0.1) is 17.3 Å². The van der Waals surface area contributed by atoms with Crippen molar-refractivity contribution in [2.45, 2.75) is 6.42 Å². The van der Waals surface area contributed by atoms with E-state index in [0.29, 0.717) is 28.1 Å². The number of hydrogen-bond donors (Lipinski definition) is 3. The fraction of sp³-hybridized carbons (Fsp3) is 0.182. The predicted molar refractivity (Wildman–Crippen MR) is 124 cm³/mol. The summed E-state index contributed by atoms with van der Waals surface area (Å²) in [5, 5.41) is 12.3. The Labute approximate surface area is 193 Å². The molecule has 3 aromatic rings. The number of nitriles is 1. The van der Waals surface area contributed by atoms with Crippen LogP contribution in [0.25, 0.3) is 11.3 Å². The van der Waals surface area contributed by atoms with Gasteiger partial charge >= 0.3 is 0 Å². The molecule has 0 saturated heterocycles. The van der Waals surface area contributed by atoms with Gasteiger partial charge in [0, 0.05) is 12.1 Å². The Bertz CT molecular complexity index is 1160. The van der Waals surface area contributed by atoms with Gasteiger partial charge in [-0.1, -0.05) is 30.3 Å². The van der Waals surface area contributed by atoms with Crippen molar-refractivity contribution < 1.29 is 14.3 Å². The summed E-state index contributed by atoms with van der Waals surface area (Å²) >= 11 is 3.43. The number of carbonyl (C=O) groups is 1. The average Bonchev–Trinajstić information content (AvgIpc) is 2.78. The Balaban J connectivity index is 1.72. The number of ether oxygens (including phenoxy) is 2. The number of rotatable bonds is 8. The summed E-state index contributed by atoms with van der Waals surface area (Å²) in [4.78, 5) is 20.1. The minimum absolute atomic E-state index is 0.0161. The van der Waals surface area contributed by atoms with Crippen LogP contribution >= 0.6 is 15.9 Å². The quantitative estimate of drug-likeness (QED) is 0.430. The van der Waals surface area contributed by atoms with E-state index in [1.54, 1.807) is 12.1 Å². The third-order valence-corrected chi connectivity index (χ3v) is 5.08. The number of hydrogen-bond acceptors (Lipinski definition) is 8. The molecule has 0 aliphatic heterocycles. The van der Waals surface area contributed by atoms with Crippen molar-refractivity contribution in [2.24, 2.45) is 0 Å². The van der Waals surface area contributed by atoms with Crippen LogP contribution in [0.3, 0.4) is 0 Å². The number of anilines is 2. The monoisotopic (exact) mass is 496 g/mol. The lowest BCUT2D eigenvalue weighted by Crippen LogP contribution is -2.30. The van der Waals surface area contributed by atoms with Gasteiger partial charge in [0.1, 0.15) is 17.5 Å². The number of carbonyl (C=O) groups excluding carboxylic acids is 1. The topological polar surface area (TPSA) is 149 Å². The van der Waals surface area contributed by atoms with E-state index in [2.05, 4.69) is 31.2 Å². The molecule has 32 heavy (non-hydrogen) atoms. The van der Waals surface area contributed by atoms with Gasteiger partial charge in [0.2, 0.25) is 5.95 Å². The molecule has 1 heterocycles. The normalized spacial score (nSPS) is 10.3. The number of aromatic nitrogens is 2. The molecular weight excluding hydrogens is 476 g/mol. The fourth-order valence-corrected chi connectivity index (χ4v) is 3.55. The van der Waals surface area contributed by atoms with Crippen LogP contribution in [-0.4, -0.2) is 36.1 Å². The predicted octanol–water partition coefficient (Wildman–Crippen LogP) is 2.69. The smallest absolute Gasteiger partial charge is 0.257 e. The van der Waals surface area contributed by atoms with Gasteiger partial charge in [0.15, 0.2) is 18.1 Å². The maximum Gasteiger partial charge on any atom is 0.257 e. The van der Waals surface area contributed by atoms with Crippen molar-refractivity contribution >= 4 is 33.6 Å². The second-order valence-corrected chi connectivity index (χ2v) is 7.52. The molecule has 0 atom stereocenters. The molecular formula is C22H21BrN6O3. The molecule has 0 unspecified atom stereocenters. The van der Waals surface area contributed by atoms with Crippen molar-refractivity contribution in [3.63, 3.8) is 0 Å². The van der Waals surface area contributed by atoms with E-state index in [-0.39, 0.29) is 35.5 Å². The Hall–Kier alpha value is -3.84. The van der Waals surface area contributed by atoms with Crippen molar-refractivity contribution in [2.75, 3.05) is 31.7 Å². The van der Waals surface area contributed by atoms with Crippen LogP contribution in [-0.2, 0) is 11.2 Å². The van der Waals surface area contributed by atoms with Gasteiger partial charge in [-0.15, -0.1) is 0 Å². The van der Waals surface area contributed by atoms with Crippen molar-refractivity contribution in [1.29, 1.82) is 5.26 Å². The summed E-state index contributed by atoms with van der Waals surface area (Å²) < 4.78 is 11.6. The van der Waals surface area contributed by atoms with Gasteiger partial charge in [-0.2, -0.15) is 10.2 Å². The number of nitrogen functional groups attached to an aromatic ring is 2. The molecule has 1 aromatic heterocycles. The Morgan fingerprint density at radius 3 is 2.66 bits per heavy atom. The molecule has 0 spiro atoms. The summed E-state index contributed by atoms with van der Waals surface area (Å²) in [7, 11) is 1.46. The van der Waals surface area contributed by atoms with Gasteiger partial charge < -0.3 is 26.3 Å². The van der Waals surface area contributed by atoms with Gasteiger partial charge in [0.25, 0.3) is 5.91 Å². The lowest BCUT2D eigenvalue weighted by molar-refractivity contribution is -0.123. The zero-order chi connectivity index (χ0) is 23.1. The molecule has 3 rings (SSSR count). The van der Waals surface area contributed by atoms with Crippen LogP contribution in [0.2, 0.25) is 0 Å². The minimum Gasteiger partial charge on any atom is -0.493 e. The van der Waals surface area contributed by atoms with E-state index in [9.17, 15) is 10.1 Å². The van der Waals surface area contributed by atoms with Crippen molar-refractivity contribution in [3.8, 4) is 28.8 Å². The molecule has 0 saturated carbocycles. The molecule has 164 valence electrons. The largest absolute Gasteiger partial charge is 0.493 e. The molecule has 0 fully saturated rings. The van der Waals surface area contributed by atoms with Crippen LogP contribution in [0.15, 0.2) is 46.9 Å². The molecule has 1 amide bonds. The van der Waals surface area contributed by atoms with Crippen molar-refractivity contribution in [3.05, 3.63) is 58.1 Å². The molecule has 0 aliphatic carbocycles. The zero-order valence-electron chi connectivity index (χ0n) is 17.3. The summed E-state index contributed by atoms with van der Waals surface area (Å²) in [6.07, 6.45) is 0.723. The Morgan fingerprint density at radius 2 is 1.97 bits per heavy atom. The van der Waals surface area contributed by atoms with E-state index in [0.717, 1.165) is 12.0 Å². The highest BCUT2D eigenvalue weighted by molar-refractivity contribution is 9.10. The van der Waals surface area contributed by atoms with E-state index in [4.69, 9.17) is 20.9 Å². The summed E-state index contributed by atoms with van der Waals surface area (Å²) in [5.41, 5.74) is 13.5. The van der Waals surface area contributed by atoms with Crippen LogP contribution in [0.4, 0.5) is 11.8 Å². The first-order valence-electron chi connectivity index (χ1n) is 9.57. The second kappa shape index (κ2) is 10.5. The molecule has 2 aromatic carbocycles. The van der Waals surface area contributed by atoms with E-state index < -0.39 is 0 Å². The lowest BCUT2D eigenvalue weighted by atomic mass is 10.1. The molecule has 10 heteroatoms. The van der Waals surface area contributed by atoms with Gasteiger partial charge in [-0.3, -0.25) is 4.79 Å². The molecule has 9 nitrogen and oxygen atoms in total. The summed E-state index contributed by atoms with van der Waals surface area (Å²) in [6, 6.07) is 15.1. The SMILES string of the molecule is COc1cc(-c2nc(N)nc(N)c2C#N)cc(Br)c1OCC(=O)NCCc1ccccc1. The lowest BCUT2D eigenvalue weighted by Gasteiger charge is -2.15. The number of methoxy groups -OCH3 is 1. The van der Waals surface area contributed by atoms with Crippen LogP contribution < -0.4 is 26.3 Å². The highest BCUT2D eigenvalue weighted by atomic mass is 79.9. The number of nitrogens with two attached hydrogens (primary N) is 2. The standard InChI is InChI=1S/C22H21BrN6O3/c1-31-17-10-14(19-15(11-24)21(25)29-22(26)28-19)9-16(23)20(17)32-12-18(30)27-8-7-13-5-3-2-4-6-13/h2-6,9-10H,7-8,12H2,1H3,(H,27,30)(H4,25,26,28,29). The number of amides is 1. The minimum atomic E-state index is -0.262. The number of nitrogens with one attached hydrogen (secondary N) is 1. The third-order valence-electron chi connectivity index (χ3n) is 4.50. The first-order chi connectivity index (χ1) is 15.4. The summed E-state index contributed by atoms with van der Waals surface area (Å²) in [6.45, 7) is 0.302. The van der Waals surface area contributed by atoms with E-state index >= 15 is 0 Å². The Morgan fingerprint density at radius 1 is 1.22 bits per heavy atom. The Kier molecular flexibility index (Phi) is 7.46. The molecule has 0 aliphatic rings. The van der Waals surface area contributed by atoms with Crippen molar-refractivity contribution in [1.82, 2.24) is 15.3 Å². The third kappa shape index (κ3) is 5.44. The van der Waals surface area contributed by atoms with E-state index in [1.807, 2.05) is 36.4 Å². The van der Waals surface area contributed by atoms with Crippen LogP contribution in [0, 0.1) is 11.3 Å². The number of nitrogens with zero attached hydrogens (tertiary/aromatic N) is 3. The van der Waals surface area contributed by atoms with Gasteiger partial charge in [-0.05, 0) is 40.0 Å². The first-order valence-corrected chi connectivity index (χ1v) is 10.4. The first kappa shape index (κ1) is 22.8. The van der Waals surface area contributed by atoms with E-state index in [1.165, 1.54) is 7.11 Å². The average molecular weight is 497 g/mol. The zero-order valence-corrected chi connectivity index (χ0v) is 18.8. The van der Waals surface area contributed by atoms with Crippen LogP contribution in [0.1, 0.15) is 11.1 Å². The highest BCUT2D eigenvalue weighted by Gasteiger charge is 2.19. The fourth-order valence-electron chi connectivity index (χ4n) is 2.99. The highest BCUT2D eigenvalue weighted by Crippen LogP contribution is 2.40. The van der Waals surface area contributed by atoms with Crippen LogP contribution in [0.5, 0.6) is 11.5 Å². The number of halogens is 1. The molecule has 0 bridgehead atoms. The second-order valence-electron chi connectivity index (χ2n) is 6.67. The summed E-state index contributed by atoms with van der Waals surface area (Å²) in [5.74, 6) is 0.341. The maximum absolute atomic E-state index is 12.2.